The number of halogens is 1. The highest BCUT2D eigenvalue weighted by molar-refractivity contribution is 6.30. The molecule has 0 saturated heterocycles. The average Bonchev–Trinajstić information content (AvgIpc) is 2.69. The van der Waals surface area contributed by atoms with Crippen LogP contribution in [0.15, 0.2) is 77.8 Å². The van der Waals surface area contributed by atoms with E-state index in [1.807, 2.05) is 36.4 Å². The van der Waals surface area contributed by atoms with Crippen molar-refractivity contribution < 1.29 is 14.3 Å². The first-order chi connectivity index (χ1) is 13.2. The lowest BCUT2D eigenvalue weighted by atomic mass is 10.2. The summed E-state index contributed by atoms with van der Waals surface area (Å²) in [5, 5.41) is 0.656. The minimum absolute atomic E-state index is 0.338. The minimum atomic E-state index is -0.338. The van der Waals surface area contributed by atoms with Gasteiger partial charge in [0.25, 0.3) is 0 Å². The van der Waals surface area contributed by atoms with Crippen LogP contribution in [0.5, 0.6) is 11.5 Å². The maximum atomic E-state index is 11.7. The second-order valence-corrected chi connectivity index (χ2v) is 6.06. The van der Waals surface area contributed by atoms with Crippen molar-refractivity contribution in [1.82, 2.24) is 0 Å². The fourth-order valence-electron chi connectivity index (χ4n) is 2.35. The standard InChI is InChI=1S/C22H18ClNO3/c1-2-26-22(25)16-7-11-19(12-8-16)24-15-17-5-3-4-6-21(17)27-20-13-9-18(23)10-14-20/h3-15H,2H2,1H3/b24-15+. The Morgan fingerprint density at radius 3 is 2.41 bits per heavy atom. The molecular formula is C22H18ClNO3. The van der Waals surface area contributed by atoms with Crippen LogP contribution in [-0.4, -0.2) is 18.8 Å². The molecule has 0 radical (unpaired) electrons. The third-order valence-electron chi connectivity index (χ3n) is 3.69. The van der Waals surface area contributed by atoms with E-state index in [9.17, 15) is 4.79 Å². The number of hydrogen-bond donors (Lipinski definition) is 0. The van der Waals surface area contributed by atoms with Gasteiger partial charge in [-0.25, -0.2) is 4.79 Å². The fourth-order valence-corrected chi connectivity index (χ4v) is 2.48. The summed E-state index contributed by atoms with van der Waals surface area (Å²) in [5.41, 5.74) is 2.06. The summed E-state index contributed by atoms with van der Waals surface area (Å²) < 4.78 is 10.9. The molecule has 0 atom stereocenters. The van der Waals surface area contributed by atoms with Crippen LogP contribution in [0, 0.1) is 0 Å². The Balaban J connectivity index is 1.75. The van der Waals surface area contributed by atoms with E-state index in [2.05, 4.69) is 4.99 Å². The van der Waals surface area contributed by atoms with E-state index in [0.29, 0.717) is 28.7 Å². The Hall–Kier alpha value is -3.11. The highest BCUT2D eigenvalue weighted by Crippen LogP contribution is 2.26. The van der Waals surface area contributed by atoms with Crippen LogP contribution in [0.1, 0.15) is 22.8 Å². The van der Waals surface area contributed by atoms with Crippen LogP contribution in [0.25, 0.3) is 0 Å². The second kappa shape index (κ2) is 9.01. The lowest BCUT2D eigenvalue weighted by molar-refractivity contribution is 0.0526. The van der Waals surface area contributed by atoms with Crippen molar-refractivity contribution in [2.45, 2.75) is 6.92 Å². The average molecular weight is 380 g/mol. The number of esters is 1. The number of carbonyl (C=O) groups is 1. The molecule has 0 saturated carbocycles. The van der Waals surface area contributed by atoms with Gasteiger partial charge in [-0.1, -0.05) is 23.7 Å². The molecule has 3 rings (SSSR count). The van der Waals surface area contributed by atoms with Crippen molar-refractivity contribution in [3.8, 4) is 11.5 Å². The van der Waals surface area contributed by atoms with Crippen LogP contribution in [0.4, 0.5) is 5.69 Å². The molecule has 4 nitrogen and oxygen atoms in total. The first kappa shape index (κ1) is 18.7. The number of aliphatic imine (C=N–C) groups is 1. The number of benzene rings is 3. The molecule has 0 amide bonds. The van der Waals surface area contributed by atoms with Crippen molar-refractivity contribution in [2.75, 3.05) is 6.61 Å². The topological polar surface area (TPSA) is 47.9 Å². The Morgan fingerprint density at radius 2 is 1.70 bits per heavy atom. The molecule has 0 aliphatic rings. The summed E-state index contributed by atoms with van der Waals surface area (Å²) in [6, 6.07) is 21.7. The third-order valence-corrected chi connectivity index (χ3v) is 3.94. The molecule has 0 aliphatic carbocycles. The van der Waals surface area contributed by atoms with Crippen molar-refractivity contribution in [1.29, 1.82) is 0 Å². The van der Waals surface area contributed by atoms with E-state index < -0.39 is 0 Å². The van der Waals surface area contributed by atoms with Crippen molar-refractivity contribution in [3.05, 3.63) is 88.9 Å². The quantitative estimate of drug-likeness (QED) is 0.386. The van der Waals surface area contributed by atoms with E-state index in [4.69, 9.17) is 21.1 Å². The molecule has 0 spiro atoms. The van der Waals surface area contributed by atoms with E-state index >= 15 is 0 Å². The van der Waals surface area contributed by atoms with Gasteiger partial charge in [-0.3, -0.25) is 4.99 Å². The monoisotopic (exact) mass is 379 g/mol. The molecule has 27 heavy (non-hydrogen) atoms. The zero-order valence-corrected chi connectivity index (χ0v) is 15.5. The molecule has 136 valence electrons. The van der Waals surface area contributed by atoms with Gasteiger partial charge in [-0.05, 0) is 67.6 Å². The van der Waals surface area contributed by atoms with Gasteiger partial charge in [-0.15, -0.1) is 0 Å². The fraction of sp³-hybridized carbons (Fsp3) is 0.0909. The molecule has 0 unspecified atom stereocenters. The highest BCUT2D eigenvalue weighted by atomic mass is 35.5. The number of carbonyl (C=O) groups excluding carboxylic acids is 1. The summed E-state index contributed by atoms with van der Waals surface area (Å²) in [7, 11) is 0. The molecule has 0 N–H and O–H groups in total. The van der Waals surface area contributed by atoms with Crippen LogP contribution in [0.2, 0.25) is 5.02 Å². The number of para-hydroxylation sites is 1. The van der Waals surface area contributed by atoms with E-state index in [-0.39, 0.29) is 5.97 Å². The lowest BCUT2D eigenvalue weighted by Gasteiger charge is -2.08. The van der Waals surface area contributed by atoms with Gasteiger partial charge in [0.15, 0.2) is 0 Å². The van der Waals surface area contributed by atoms with Gasteiger partial charge in [0, 0.05) is 16.8 Å². The maximum absolute atomic E-state index is 11.7. The van der Waals surface area contributed by atoms with E-state index in [0.717, 1.165) is 11.3 Å². The van der Waals surface area contributed by atoms with E-state index in [1.54, 1.807) is 49.5 Å². The molecule has 5 heteroatoms. The summed E-state index contributed by atoms with van der Waals surface area (Å²) in [5.74, 6) is 1.04. The van der Waals surface area contributed by atoms with Gasteiger partial charge >= 0.3 is 5.97 Å². The van der Waals surface area contributed by atoms with E-state index in [1.165, 1.54) is 0 Å². The Bertz CT molecular complexity index is 935. The predicted octanol–water partition coefficient (Wildman–Crippen LogP) is 6.06. The molecule has 0 aliphatic heterocycles. The Morgan fingerprint density at radius 1 is 1.00 bits per heavy atom. The molecule has 0 heterocycles. The molecular weight excluding hydrogens is 362 g/mol. The summed E-state index contributed by atoms with van der Waals surface area (Å²) in [6.45, 7) is 2.13. The van der Waals surface area contributed by atoms with Gasteiger partial charge in [0.2, 0.25) is 0 Å². The Kier molecular flexibility index (Phi) is 6.23. The van der Waals surface area contributed by atoms with Gasteiger partial charge < -0.3 is 9.47 Å². The predicted molar refractivity (Wildman–Crippen MR) is 108 cm³/mol. The van der Waals surface area contributed by atoms with Gasteiger partial charge in [-0.2, -0.15) is 0 Å². The number of nitrogens with zero attached hydrogens (tertiary/aromatic N) is 1. The zero-order valence-electron chi connectivity index (χ0n) is 14.8. The largest absolute Gasteiger partial charge is 0.462 e. The maximum Gasteiger partial charge on any atom is 0.338 e. The molecule has 3 aromatic rings. The normalized spacial score (nSPS) is 10.7. The summed E-state index contributed by atoms with van der Waals surface area (Å²) >= 11 is 5.91. The zero-order chi connectivity index (χ0) is 19.1. The SMILES string of the molecule is CCOC(=O)c1ccc(/N=C/c2ccccc2Oc2ccc(Cl)cc2)cc1. The van der Waals surface area contributed by atoms with Crippen molar-refractivity contribution in [2.24, 2.45) is 4.99 Å². The summed E-state index contributed by atoms with van der Waals surface area (Å²) in [4.78, 5) is 16.2. The van der Waals surface area contributed by atoms with Crippen molar-refractivity contribution >= 4 is 29.5 Å². The van der Waals surface area contributed by atoms with Crippen LogP contribution < -0.4 is 4.74 Å². The number of hydrogen-bond acceptors (Lipinski definition) is 4. The smallest absolute Gasteiger partial charge is 0.338 e. The first-order valence-corrected chi connectivity index (χ1v) is 8.87. The number of ether oxygens (including phenoxy) is 2. The first-order valence-electron chi connectivity index (χ1n) is 8.49. The van der Waals surface area contributed by atoms with Crippen LogP contribution >= 0.6 is 11.6 Å². The Labute approximate surface area is 163 Å². The van der Waals surface area contributed by atoms with Gasteiger partial charge in [0.05, 0.1) is 17.9 Å². The molecule has 3 aromatic carbocycles. The second-order valence-electron chi connectivity index (χ2n) is 5.62. The van der Waals surface area contributed by atoms with Crippen molar-refractivity contribution in [3.63, 3.8) is 0 Å². The highest BCUT2D eigenvalue weighted by Gasteiger charge is 2.06. The third kappa shape index (κ3) is 5.19. The number of rotatable bonds is 6. The van der Waals surface area contributed by atoms with Crippen LogP contribution in [-0.2, 0) is 4.74 Å². The van der Waals surface area contributed by atoms with Crippen LogP contribution in [0.3, 0.4) is 0 Å². The molecule has 0 bridgehead atoms. The summed E-state index contributed by atoms with van der Waals surface area (Å²) in [6.07, 6.45) is 1.73. The lowest BCUT2D eigenvalue weighted by Crippen LogP contribution is -2.03. The molecule has 0 fully saturated rings. The minimum Gasteiger partial charge on any atom is -0.462 e. The molecule has 0 aromatic heterocycles. The van der Waals surface area contributed by atoms with Gasteiger partial charge in [0.1, 0.15) is 11.5 Å².